The maximum Gasteiger partial charge on any atom is 0.364 e. The minimum absolute atomic E-state index is 0.222. The van der Waals surface area contributed by atoms with Gasteiger partial charge < -0.3 is 14.4 Å². The van der Waals surface area contributed by atoms with Crippen LogP contribution < -0.4 is 0 Å². The summed E-state index contributed by atoms with van der Waals surface area (Å²) in [6.07, 6.45) is 0. The van der Waals surface area contributed by atoms with Crippen LogP contribution in [0.4, 0.5) is 0 Å². The van der Waals surface area contributed by atoms with Gasteiger partial charge in [0.15, 0.2) is 0 Å². The standard InChI is InChI=1S/C10H15NO4/c1-6-7(2)10(15-5,9(13)14-4)11(3)8(6)12/h1-5H3. The lowest BCUT2D eigenvalue weighted by Crippen LogP contribution is -2.54. The molecule has 0 spiro atoms. The Morgan fingerprint density at radius 2 is 1.87 bits per heavy atom. The van der Waals surface area contributed by atoms with E-state index in [0.717, 1.165) is 0 Å². The van der Waals surface area contributed by atoms with E-state index in [-0.39, 0.29) is 5.91 Å². The van der Waals surface area contributed by atoms with Crippen LogP contribution in [0, 0.1) is 0 Å². The molecule has 0 aromatic heterocycles. The predicted octanol–water partition coefficient (Wildman–Crippen LogP) is 0.310. The first-order valence-corrected chi connectivity index (χ1v) is 4.53. The summed E-state index contributed by atoms with van der Waals surface area (Å²) in [5, 5.41) is 0. The van der Waals surface area contributed by atoms with Gasteiger partial charge in [-0.25, -0.2) is 4.79 Å². The summed E-state index contributed by atoms with van der Waals surface area (Å²) in [6, 6.07) is 0. The van der Waals surface area contributed by atoms with Crippen molar-refractivity contribution in [3.63, 3.8) is 0 Å². The highest BCUT2D eigenvalue weighted by atomic mass is 16.6. The molecule has 1 heterocycles. The van der Waals surface area contributed by atoms with Crippen molar-refractivity contribution < 1.29 is 19.1 Å². The lowest BCUT2D eigenvalue weighted by molar-refractivity contribution is -0.181. The second-order valence-electron chi connectivity index (χ2n) is 3.45. The summed E-state index contributed by atoms with van der Waals surface area (Å²) < 4.78 is 9.86. The molecular formula is C10H15NO4. The third-order valence-electron chi connectivity index (χ3n) is 2.93. The van der Waals surface area contributed by atoms with Gasteiger partial charge >= 0.3 is 5.97 Å². The van der Waals surface area contributed by atoms with Crippen LogP contribution in [0.25, 0.3) is 0 Å². The zero-order valence-corrected chi connectivity index (χ0v) is 9.58. The van der Waals surface area contributed by atoms with Gasteiger partial charge in [-0.3, -0.25) is 4.79 Å². The van der Waals surface area contributed by atoms with Gasteiger partial charge in [-0.15, -0.1) is 0 Å². The normalized spacial score (nSPS) is 26.2. The number of likely N-dealkylation sites (N-methyl/N-ethyl adjacent to an activating group) is 1. The molecule has 0 saturated heterocycles. The van der Waals surface area contributed by atoms with E-state index in [9.17, 15) is 9.59 Å². The van der Waals surface area contributed by atoms with Crippen LogP contribution in [-0.4, -0.2) is 43.8 Å². The first kappa shape index (κ1) is 11.7. The molecule has 84 valence electrons. The number of carbonyl (C=O) groups excluding carboxylic acids is 2. The molecule has 5 nitrogen and oxygen atoms in total. The number of hydrogen-bond acceptors (Lipinski definition) is 4. The van der Waals surface area contributed by atoms with Crippen LogP contribution in [0.3, 0.4) is 0 Å². The quantitative estimate of drug-likeness (QED) is 0.619. The summed E-state index contributed by atoms with van der Waals surface area (Å²) >= 11 is 0. The Balaban J connectivity index is 3.33. The third-order valence-corrected chi connectivity index (χ3v) is 2.93. The van der Waals surface area contributed by atoms with Crippen LogP contribution in [0.1, 0.15) is 13.8 Å². The highest BCUT2D eigenvalue weighted by molar-refractivity contribution is 6.03. The molecule has 0 aliphatic carbocycles. The van der Waals surface area contributed by atoms with Gasteiger partial charge in [-0.05, 0) is 19.4 Å². The van der Waals surface area contributed by atoms with Crippen LogP contribution in [-0.2, 0) is 19.1 Å². The van der Waals surface area contributed by atoms with E-state index in [1.54, 1.807) is 13.8 Å². The molecule has 5 heteroatoms. The third kappa shape index (κ3) is 1.26. The molecule has 15 heavy (non-hydrogen) atoms. The number of methoxy groups -OCH3 is 2. The monoisotopic (exact) mass is 213 g/mol. The van der Waals surface area contributed by atoms with Crippen molar-refractivity contribution in [2.45, 2.75) is 19.6 Å². The summed E-state index contributed by atoms with van der Waals surface area (Å²) in [6.45, 7) is 3.36. The Morgan fingerprint density at radius 3 is 2.13 bits per heavy atom. The Bertz CT molecular complexity index is 347. The van der Waals surface area contributed by atoms with Gasteiger partial charge in [0.25, 0.3) is 11.6 Å². The van der Waals surface area contributed by atoms with Crippen molar-refractivity contribution in [2.75, 3.05) is 21.3 Å². The second kappa shape index (κ2) is 3.66. The van der Waals surface area contributed by atoms with Gasteiger partial charge in [0.2, 0.25) is 0 Å². The maximum absolute atomic E-state index is 11.7. The fourth-order valence-corrected chi connectivity index (χ4v) is 1.86. The van der Waals surface area contributed by atoms with Gasteiger partial charge in [-0.1, -0.05) is 0 Å². The molecule has 0 saturated carbocycles. The SMILES string of the molecule is COC(=O)C1(OC)C(C)=C(C)C(=O)N1C. The van der Waals surface area contributed by atoms with Crippen LogP contribution >= 0.6 is 0 Å². The summed E-state index contributed by atoms with van der Waals surface area (Å²) in [5.41, 5.74) is -0.301. The first-order chi connectivity index (χ1) is 6.93. The Morgan fingerprint density at radius 1 is 1.33 bits per heavy atom. The van der Waals surface area contributed by atoms with Gasteiger partial charge in [-0.2, -0.15) is 0 Å². The van der Waals surface area contributed by atoms with Crippen LogP contribution in [0.5, 0.6) is 0 Å². The van der Waals surface area contributed by atoms with E-state index < -0.39 is 11.7 Å². The molecule has 1 rings (SSSR count). The molecule has 0 radical (unpaired) electrons. The maximum atomic E-state index is 11.7. The zero-order chi connectivity index (χ0) is 11.8. The zero-order valence-electron chi connectivity index (χ0n) is 9.58. The largest absolute Gasteiger partial charge is 0.465 e. The van der Waals surface area contributed by atoms with E-state index >= 15 is 0 Å². The molecule has 0 aromatic rings. The molecule has 1 amide bonds. The predicted molar refractivity (Wildman–Crippen MR) is 52.9 cm³/mol. The topological polar surface area (TPSA) is 55.8 Å². The molecule has 0 N–H and O–H groups in total. The second-order valence-corrected chi connectivity index (χ2v) is 3.45. The van der Waals surface area contributed by atoms with E-state index in [0.29, 0.717) is 11.1 Å². The van der Waals surface area contributed by atoms with E-state index in [1.165, 1.54) is 26.2 Å². The van der Waals surface area contributed by atoms with Gasteiger partial charge in [0.05, 0.1) is 7.11 Å². The highest BCUT2D eigenvalue weighted by Gasteiger charge is 2.54. The van der Waals surface area contributed by atoms with Crippen molar-refractivity contribution in [2.24, 2.45) is 0 Å². The molecule has 0 aromatic carbocycles. The van der Waals surface area contributed by atoms with Crippen molar-refractivity contribution in [1.82, 2.24) is 4.90 Å². The molecular weight excluding hydrogens is 198 g/mol. The number of esters is 1. The van der Waals surface area contributed by atoms with E-state index in [1.807, 2.05) is 0 Å². The van der Waals surface area contributed by atoms with Crippen molar-refractivity contribution in [3.05, 3.63) is 11.1 Å². The number of carbonyl (C=O) groups is 2. The Labute approximate surface area is 88.6 Å². The molecule has 1 unspecified atom stereocenters. The fraction of sp³-hybridized carbons (Fsp3) is 0.600. The Hall–Kier alpha value is -1.36. The van der Waals surface area contributed by atoms with Crippen LogP contribution in [0.2, 0.25) is 0 Å². The number of rotatable bonds is 2. The van der Waals surface area contributed by atoms with E-state index in [2.05, 4.69) is 4.74 Å². The number of hydrogen-bond donors (Lipinski definition) is 0. The number of ether oxygens (including phenoxy) is 2. The number of nitrogens with zero attached hydrogens (tertiary/aromatic N) is 1. The van der Waals surface area contributed by atoms with Crippen LogP contribution in [0.15, 0.2) is 11.1 Å². The summed E-state index contributed by atoms with van der Waals surface area (Å²) in [5.74, 6) is -0.810. The highest BCUT2D eigenvalue weighted by Crippen LogP contribution is 2.35. The first-order valence-electron chi connectivity index (χ1n) is 4.53. The minimum atomic E-state index is -1.39. The average Bonchev–Trinajstić information content (AvgIpc) is 2.41. The lowest BCUT2D eigenvalue weighted by atomic mass is 10.0. The van der Waals surface area contributed by atoms with Gasteiger partial charge in [0.1, 0.15) is 0 Å². The van der Waals surface area contributed by atoms with Crippen molar-refractivity contribution in [1.29, 1.82) is 0 Å². The minimum Gasteiger partial charge on any atom is -0.465 e. The molecule has 0 bridgehead atoms. The Kier molecular flexibility index (Phi) is 2.86. The lowest BCUT2D eigenvalue weighted by Gasteiger charge is -2.33. The number of amides is 1. The fourth-order valence-electron chi connectivity index (χ4n) is 1.86. The summed E-state index contributed by atoms with van der Waals surface area (Å²) in [4.78, 5) is 24.6. The van der Waals surface area contributed by atoms with Gasteiger partial charge in [0, 0.05) is 19.7 Å². The van der Waals surface area contributed by atoms with Crippen molar-refractivity contribution >= 4 is 11.9 Å². The molecule has 1 aliphatic heterocycles. The molecule has 1 aliphatic rings. The molecule has 0 fully saturated rings. The van der Waals surface area contributed by atoms with E-state index in [4.69, 9.17) is 4.74 Å². The average molecular weight is 213 g/mol. The smallest absolute Gasteiger partial charge is 0.364 e. The summed E-state index contributed by atoms with van der Waals surface area (Å²) in [7, 11) is 4.16. The van der Waals surface area contributed by atoms with Crippen molar-refractivity contribution in [3.8, 4) is 0 Å². The molecule has 1 atom stereocenters.